The number of hydrogen-bond acceptors (Lipinski definition) is 4. The monoisotopic (exact) mass is 411 g/mol. The Hall–Kier alpha value is -1.72. The number of alkyl halides is 2. The van der Waals surface area contributed by atoms with E-state index >= 15 is 0 Å². The normalized spacial score (nSPS) is 25.6. The third-order valence-electron chi connectivity index (χ3n) is 5.09. The van der Waals surface area contributed by atoms with Crippen LogP contribution in [0.25, 0.3) is 0 Å². The molecule has 7 heteroatoms. The first-order valence-corrected chi connectivity index (χ1v) is 10.2. The van der Waals surface area contributed by atoms with Crippen LogP contribution in [0.3, 0.4) is 0 Å². The number of fused-ring (bicyclic) bond motifs is 2. The minimum Gasteiger partial charge on any atom is -0.494 e. The second-order valence-electron chi connectivity index (χ2n) is 6.81. The van der Waals surface area contributed by atoms with Crippen molar-refractivity contribution < 1.29 is 19.1 Å². The average Bonchev–Trinajstić information content (AvgIpc) is 3.29. The Morgan fingerprint density at radius 3 is 2.33 bits per heavy atom. The van der Waals surface area contributed by atoms with Crippen LogP contribution >= 0.6 is 23.2 Å². The molecule has 0 saturated heterocycles. The molecule has 0 unspecified atom stereocenters. The maximum Gasteiger partial charge on any atom is 0.310 e. The van der Waals surface area contributed by atoms with Crippen molar-refractivity contribution in [3.05, 3.63) is 36.4 Å². The third kappa shape index (κ3) is 4.41. The molecule has 1 aromatic rings. The Morgan fingerprint density at radius 1 is 1.11 bits per heavy atom. The summed E-state index contributed by atoms with van der Waals surface area (Å²) in [6, 6.07) is 7.18. The number of anilines is 1. The van der Waals surface area contributed by atoms with E-state index in [1.54, 1.807) is 24.3 Å². The van der Waals surface area contributed by atoms with Crippen LogP contribution in [-0.2, 0) is 14.3 Å². The molecule has 1 N–H and O–H groups in total. The Bertz CT molecular complexity index is 702. The number of nitrogens with one attached hydrogen (secondary N) is 1. The average molecular weight is 412 g/mol. The van der Waals surface area contributed by atoms with Crippen LogP contribution in [-0.4, -0.2) is 36.3 Å². The van der Waals surface area contributed by atoms with Crippen LogP contribution in [0.4, 0.5) is 5.69 Å². The lowest BCUT2D eigenvalue weighted by molar-refractivity contribution is -0.156. The molecule has 2 aliphatic rings. The standard InChI is InChI=1S/C20H23Cl2NO4/c1-2-26-15-7-5-14(6-8-15)23-19(24)17-12-3-4-13(9-12)18(17)20(25)27-16(10-21)11-22/h3-8,12-13,16-18H,2,9-11H2,1H3,(H,23,24)/t12-,13+,17+,18-/m0/s1. The number of allylic oxidation sites excluding steroid dienone is 2. The zero-order valence-electron chi connectivity index (χ0n) is 15.1. The number of benzene rings is 1. The molecule has 2 bridgehead atoms. The number of esters is 1. The molecule has 1 saturated carbocycles. The molecule has 0 aromatic heterocycles. The van der Waals surface area contributed by atoms with Gasteiger partial charge < -0.3 is 14.8 Å². The van der Waals surface area contributed by atoms with Crippen LogP contribution in [0.5, 0.6) is 5.75 Å². The Labute approximate surface area is 169 Å². The maximum atomic E-state index is 12.9. The quantitative estimate of drug-likeness (QED) is 0.400. The van der Waals surface area contributed by atoms with Gasteiger partial charge in [0.1, 0.15) is 11.9 Å². The summed E-state index contributed by atoms with van der Waals surface area (Å²) in [7, 11) is 0. The van der Waals surface area contributed by atoms with Crippen LogP contribution in [0.1, 0.15) is 13.3 Å². The lowest BCUT2D eigenvalue weighted by Crippen LogP contribution is -2.39. The van der Waals surface area contributed by atoms with Crippen molar-refractivity contribution >= 4 is 40.8 Å². The van der Waals surface area contributed by atoms with Gasteiger partial charge in [0.05, 0.1) is 30.2 Å². The summed E-state index contributed by atoms with van der Waals surface area (Å²) in [6.07, 6.45) is 4.28. The molecule has 1 aromatic carbocycles. The number of carbonyl (C=O) groups excluding carboxylic acids is 2. The van der Waals surface area contributed by atoms with Crippen molar-refractivity contribution in [2.24, 2.45) is 23.7 Å². The highest BCUT2D eigenvalue weighted by atomic mass is 35.5. The van der Waals surface area contributed by atoms with Gasteiger partial charge in [-0.25, -0.2) is 0 Å². The first kappa shape index (κ1) is 20.0. The van der Waals surface area contributed by atoms with E-state index in [1.807, 2.05) is 19.1 Å². The van der Waals surface area contributed by atoms with Crippen molar-refractivity contribution in [2.45, 2.75) is 19.4 Å². The Balaban J connectivity index is 1.70. The van der Waals surface area contributed by atoms with E-state index in [2.05, 4.69) is 5.32 Å². The van der Waals surface area contributed by atoms with Crippen molar-refractivity contribution in [1.29, 1.82) is 0 Å². The molecule has 0 radical (unpaired) electrons. The predicted octanol–water partition coefficient (Wildman–Crippen LogP) is 3.85. The Morgan fingerprint density at radius 2 is 1.74 bits per heavy atom. The summed E-state index contributed by atoms with van der Waals surface area (Å²) >= 11 is 11.5. The molecular formula is C20H23Cl2NO4. The highest BCUT2D eigenvalue weighted by Gasteiger charge is 2.52. The van der Waals surface area contributed by atoms with Gasteiger partial charge in [0.15, 0.2) is 0 Å². The van der Waals surface area contributed by atoms with Crippen molar-refractivity contribution in [2.75, 3.05) is 23.7 Å². The zero-order chi connectivity index (χ0) is 19.4. The highest BCUT2D eigenvalue weighted by Crippen LogP contribution is 2.49. The number of hydrogen-bond donors (Lipinski definition) is 1. The lowest BCUT2D eigenvalue weighted by Gasteiger charge is -2.27. The molecule has 5 nitrogen and oxygen atoms in total. The van der Waals surface area contributed by atoms with Crippen molar-refractivity contribution in [3.8, 4) is 5.75 Å². The van der Waals surface area contributed by atoms with Crippen LogP contribution in [0.15, 0.2) is 36.4 Å². The van der Waals surface area contributed by atoms with Gasteiger partial charge in [0, 0.05) is 5.69 Å². The van der Waals surface area contributed by atoms with Gasteiger partial charge >= 0.3 is 5.97 Å². The minimum atomic E-state index is -0.543. The molecule has 1 amide bonds. The largest absolute Gasteiger partial charge is 0.494 e. The van der Waals surface area contributed by atoms with Crippen LogP contribution in [0.2, 0.25) is 0 Å². The molecule has 27 heavy (non-hydrogen) atoms. The highest BCUT2D eigenvalue weighted by molar-refractivity contribution is 6.21. The smallest absolute Gasteiger partial charge is 0.310 e. The van der Waals surface area contributed by atoms with E-state index in [9.17, 15) is 9.59 Å². The summed E-state index contributed by atoms with van der Waals surface area (Å²) in [5.74, 6) is -0.457. The van der Waals surface area contributed by atoms with Crippen LogP contribution < -0.4 is 10.1 Å². The first-order chi connectivity index (χ1) is 13.1. The zero-order valence-corrected chi connectivity index (χ0v) is 16.6. The molecule has 4 atom stereocenters. The fourth-order valence-electron chi connectivity index (χ4n) is 3.87. The first-order valence-electron chi connectivity index (χ1n) is 9.11. The second kappa shape index (κ2) is 8.98. The number of halogens is 2. The van der Waals surface area contributed by atoms with Crippen molar-refractivity contribution in [1.82, 2.24) is 0 Å². The fourth-order valence-corrected chi connectivity index (χ4v) is 4.33. The molecule has 0 spiro atoms. The molecular weight excluding hydrogens is 389 g/mol. The Kier molecular flexibility index (Phi) is 6.66. The molecule has 1 fully saturated rings. The van der Waals surface area contributed by atoms with Crippen molar-refractivity contribution in [3.63, 3.8) is 0 Å². The SMILES string of the molecule is CCOc1ccc(NC(=O)[C@H]2[C@@H](C(=O)OC(CCl)CCl)[C@@H]3C=C[C@H]2C3)cc1. The van der Waals surface area contributed by atoms with Gasteiger partial charge in [-0.3, -0.25) is 9.59 Å². The number of carbonyl (C=O) groups is 2. The second-order valence-corrected chi connectivity index (χ2v) is 7.43. The number of ether oxygens (including phenoxy) is 2. The summed E-state index contributed by atoms with van der Waals surface area (Å²) in [6.45, 7) is 2.50. The van der Waals surface area contributed by atoms with Crippen LogP contribution in [0, 0.1) is 23.7 Å². The molecule has 146 valence electrons. The van der Waals surface area contributed by atoms with E-state index < -0.39 is 23.9 Å². The predicted molar refractivity (Wildman–Crippen MR) is 105 cm³/mol. The van der Waals surface area contributed by atoms with E-state index in [1.165, 1.54) is 0 Å². The summed E-state index contributed by atoms with van der Waals surface area (Å²) < 4.78 is 10.8. The van der Waals surface area contributed by atoms with E-state index in [4.69, 9.17) is 32.7 Å². The van der Waals surface area contributed by atoms with Gasteiger partial charge in [-0.2, -0.15) is 0 Å². The molecule has 0 aliphatic heterocycles. The number of amides is 1. The molecule has 2 aliphatic carbocycles. The maximum absolute atomic E-state index is 12.9. The summed E-state index contributed by atoms with van der Waals surface area (Å²) in [5, 5.41) is 2.92. The van der Waals surface area contributed by atoms with Gasteiger partial charge in [-0.15, -0.1) is 23.2 Å². The minimum absolute atomic E-state index is 0.0184. The number of rotatable bonds is 8. The fraction of sp³-hybridized carbons (Fsp3) is 0.500. The molecule has 3 rings (SSSR count). The molecule has 0 heterocycles. The third-order valence-corrected chi connectivity index (χ3v) is 5.78. The van der Waals surface area contributed by atoms with Gasteiger partial charge in [-0.1, -0.05) is 12.2 Å². The topological polar surface area (TPSA) is 64.6 Å². The van der Waals surface area contributed by atoms with Gasteiger partial charge in [0.2, 0.25) is 5.91 Å². The van der Waals surface area contributed by atoms with E-state index in [-0.39, 0.29) is 29.5 Å². The summed E-state index contributed by atoms with van der Waals surface area (Å²) in [4.78, 5) is 25.6. The van der Waals surface area contributed by atoms with Gasteiger partial charge in [0.25, 0.3) is 0 Å². The lowest BCUT2D eigenvalue weighted by atomic mass is 9.82. The van der Waals surface area contributed by atoms with E-state index in [0.29, 0.717) is 12.3 Å². The van der Waals surface area contributed by atoms with Gasteiger partial charge in [-0.05, 0) is 49.4 Å². The van der Waals surface area contributed by atoms with E-state index in [0.717, 1.165) is 12.2 Å². The summed E-state index contributed by atoms with van der Waals surface area (Å²) in [5.41, 5.74) is 0.668.